The molecule has 1 N–H and O–H groups in total. The summed E-state index contributed by atoms with van der Waals surface area (Å²) in [6, 6.07) is 9.26. The average molecular weight is 415 g/mol. The molecule has 0 radical (unpaired) electrons. The van der Waals surface area contributed by atoms with Crippen molar-refractivity contribution in [2.75, 3.05) is 18.4 Å². The van der Waals surface area contributed by atoms with Gasteiger partial charge in [0.05, 0.1) is 15.5 Å². The van der Waals surface area contributed by atoms with Crippen molar-refractivity contribution in [1.82, 2.24) is 4.31 Å². The lowest BCUT2D eigenvalue weighted by atomic mass is 10.1. The highest BCUT2D eigenvalue weighted by atomic mass is 35.5. The van der Waals surface area contributed by atoms with Crippen LogP contribution in [-0.2, 0) is 10.0 Å². The van der Waals surface area contributed by atoms with Crippen molar-refractivity contribution < 1.29 is 13.2 Å². The largest absolute Gasteiger partial charge is 0.322 e. The predicted molar refractivity (Wildman–Crippen MR) is 106 cm³/mol. The van der Waals surface area contributed by atoms with Crippen molar-refractivity contribution in [2.24, 2.45) is 0 Å². The van der Waals surface area contributed by atoms with Crippen molar-refractivity contribution in [3.05, 3.63) is 57.6 Å². The third kappa shape index (κ3) is 4.20. The molecule has 140 valence electrons. The molecule has 0 saturated carbocycles. The number of sulfonamides is 1. The van der Waals surface area contributed by atoms with Crippen LogP contribution in [0.25, 0.3) is 0 Å². The van der Waals surface area contributed by atoms with E-state index in [0.717, 1.165) is 0 Å². The van der Waals surface area contributed by atoms with Gasteiger partial charge in [-0.1, -0.05) is 43.1 Å². The van der Waals surface area contributed by atoms with E-state index in [0.29, 0.717) is 29.4 Å². The lowest BCUT2D eigenvalue weighted by Gasteiger charge is -2.19. The molecule has 0 bridgehead atoms. The number of hydrogen-bond acceptors (Lipinski definition) is 3. The Morgan fingerprint density at radius 2 is 1.73 bits per heavy atom. The zero-order chi connectivity index (χ0) is 19.5. The maximum atomic E-state index is 12.7. The highest BCUT2D eigenvalue weighted by Gasteiger charge is 2.24. The number of rotatable bonds is 6. The molecular weight excluding hydrogens is 395 g/mol. The summed E-state index contributed by atoms with van der Waals surface area (Å²) in [5.74, 6) is -0.503. The van der Waals surface area contributed by atoms with Crippen LogP contribution in [0, 0.1) is 6.92 Å². The summed E-state index contributed by atoms with van der Waals surface area (Å²) in [4.78, 5) is 12.7. The van der Waals surface area contributed by atoms with Crippen LogP contribution >= 0.6 is 23.2 Å². The summed E-state index contributed by atoms with van der Waals surface area (Å²) in [6.07, 6.45) is 0. The normalized spacial score (nSPS) is 11.6. The fourth-order valence-corrected chi connectivity index (χ4v) is 4.35. The van der Waals surface area contributed by atoms with Gasteiger partial charge in [-0.25, -0.2) is 8.42 Å². The molecule has 0 saturated heterocycles. The van der Waals surface area contributed by atoms with Crippen LogP contribution in [0.1, 0.15) is 29.8 Å². The van der Waals surface area contributed by atoms with Crippen LogP contribution in [-0.4, -0.2) is 31.7 Å². The second kappa shape index (κ2) is 8.39. The Bertz CT molecular complexity index is 926. The molecule has 0 aromatic heterocycles. The van der Waals surface area contributed by atoms with E-state index in [1.54, 1.807) is 39.0 Å². The highest BCUT2D eigenvalue weighted by Crippen LogP contribution is 2.26. The van der Waals surface area contributed by atoms with Gasteiger partial charge in [0.1, 0.15) is 0 Å². The van der Waals surface area contributed by atoms with Crippen LogP contribution in [0.15, 0.2) is 41.3 Å². The number of benzene rings is 2. The fraction of sp³-hybridized carbons (Fsp3) is 0.278. The smallest absolute Gasteiger partial charge is 0.257 e. The van der Waals surface area contributed by atoms with Gasteiger partial charge >= 0.3 is 0 Å². The monoisotopic (exact) mass is 414 g/mol. The molecule has 26 heavy (non-hydrogen) atoms. The summed E-state index contributed by atoms with van der Waals surface area (Å²) in [7, 11) is -3.69. The van der Waals surface area contributed by atoms with E-state index in [-0.39, 0.29) is 15.5 Å². The van der Waals surface area contributed by atoms with Crippen LogP contribution in [0.2, 0.25) is 10.0 Å². The molecule has 0 fully saturated rings. The zero-order valence-electron chi connectivity index (χ0n) is 14.7. The first-order valence-corrected chi connectivity index (χ1v) is 10.3. The van der Waals surface area contributed by atoms with Gasteiger partial charge in [-0.15, -0.1) is 0 Å². The number of hydrogen-bond donors (Lipinski definition) is 1. The summed E-state index contributed by atoms with van der Waals surface area (Å²) in [5.41, 5.74) is 1.33. The Balaban J connectivity index is 2.41. The lowest BCUT2D eigenvalue weighted by Crippen LogP contribution is -2.30. The van der Waals surface area contributed by atoms with Gasteiger partial charge in [0.15, 0.2) is 0 Å². The first-order chi connectivity index (χ1) is 12.2. The Morgan fingerprint density at radius 1 is 1.08 bits per heavy atom. The Hall–Kier alpha value is -1.60. The summed E-state index contributed by atoms with van der Waals surface area (Å²) in [5, 5.41) is 3.42. The van der Waals surface area contributed by atoms with Crippen molar-refractivity contribution >= 4 is 44.8 Å². The molecule has 0 heterocycles. The lowest BCUT2D eigenvalue weighted by molar-refractivity contribution is 0.102. The molecule has 5 nitrogen and oxygen atoms in total. The molecule has 0 aliphatic carbocycles. The zero-order valence-corrected chi connectivity index (χ0v) is 17.0. The summed E-state index contributed by atoms with van der Waals surface area (Å²) >= 11 is 12.2. The average Bonchev–Trinajstić information content (AvgIpc) is 2.60. The van der Waals surface area contributed by atoms with E-state index in [1.807, 2.05) is 0 Å². The Labute approximate surface area is 164 Å². The quantitative estimate of drug-likeness (QED) is 0.751. The number of nitrogens with zero attached hydrogens (tertiary/aromatic N) is 1. The first-order valence-electron chi connectivity index (χ1n) is 8.08. The Morgan fingerprint density at radius 3 is 2.35 bits per heavy atom. The van der Waals surface area contributed by atoms with Gasteiger partial charge in [-0.2, -0.15) is 4.31 Å². The molecule has 0 spiro atoms. The van der Waals surface area contributed by atoms with E-state index in [1.165, 1.54) is 22.5 Å². The first kappa shape index (κ1) is 20.7. The second-order valence-electron chi connectivity index (χ2n) is 5.60. The molecule has 0 unspecified atom stereocenters. The maximum Gasteiger partial charge on any atom is 0.257 e. The maximum absolute atomic E-state index is 12.7. The van der Waals surface area contributed by atoms with Gasteiger partial charge in [-0.05, 0) is 42.8 Å². The van der Waals surface area contributed by atoms with E-state index < -0.39 is 15.9 Å². The van der Waals surface area contributed by atoms with E-state index in [2.05, 4.69) is 5.32 Å². The standard InChI is InChI=1S/C18H20Cl2N2O3S/c1-4-22(5-2)26(24,25)13-9-10-16(20)14(11-13)18(23)21-17-8-6-7-15(19)12(17)3/h6-11H,4-5H2,1-3H3,(H,21,23). The van der Waals surface area contributed by atoms with Gasteiger partial charge in [0, 0.05) is 23.8 Å². The number of carbonyl (C=O) groups excluding carboxylic acids is 1. The van der Waals surface area contributed by atoms with Crippen LogP contribution in [0.3, 0.4) is 0 Å². The second-order valence-corrected chi connectivity index (χ2v) is 8.35. The molecule has 2 aromatic carbocycles. The van der Waals surface area contributed by atoms with Crippen LogP contribution in [0.5, 0.6) is 0 Å². The van der Waals surface area contributed by atoms with Crippen molar-refractivity contribution in [3.63, 3.8) is 0 Å². The number of carbonyl (C=O) groups is 1. The third-order valence-electron chi connectivity index (χ3n) is 4.04. The minimum Gasteiger partial charge on any atom is -0.322 e. The Kier molecular flexibility index (Phi) is 6.69. The number of nitrogens with one attached hydrogen (secondary N) is 1. The van der Waals surface area contributed by atoms with Gasteiger partial charge < -0.3 is 5.32 Å². The van der Waals surface area contributed by atoms with Crippen molar-refractivity contribution in [3.8, 4) is 0 Å². The molecule has 0 atom stereocenters. The van der Waals surface area contributed by atoms with Gasteiger partial charge in [0.25, 0.3) is 5.91 Å². The van der Waals surface area contributed by atoms with Crippen LogP contribution in [0.4, 0.5) is 5.69 Å². The molecule has 2 rings (SSSR count). The summed E-state index contributed by atoms with van der Waals surface area (Å²) in [6.45, 7) is 5.97. The molecular formula is C18H20Cl2N2O3S. The molecule has 1 amide bonds. The topological polar surface area (TPSA) is 66.5 Å². The fourth-order valence-electron chi connectivity index (χ4n) is 2.48. The van der Waals surface area contributed by atoms with E-state index >= 15 is 0 Å². The number of halogens is 2. The van der Waals surface area contributed by atoms with E-state index in [9.17, 15) is 13.2 Å². The minimum atomic E-state index is -3.69. The summed E-state index contributed by atoms with van der Waals surface area (Å²) < 4.78 is 26.7. The van der Waals surface area contributed by atoms with Crippen molar-refractivity contribution in [1.29, 1.82) is 0 Å². The molecule has 0 aliphatic heterocycles. The molecule has 2 aromatic rings. The minimum absolute atomic E-state index is 0.0265. The van der Waals surface area contributed by atoms with Gasteiger partial charge in [-0.3, -0.25) is 4.79 Å². The predicted octanol–water partition coefficient (Wildman–Crippen LogP) is 4.58. The molecule has 8 heteroatoms. The van der Waals surface area contributed by atoms with Crippen LogP contribution < -0.4 is 5.32 Å². The number of anilines is 1. The molecule has 0 aliphatic rings. The van der Waals surface area contributed by atoms with E-state index in [4.69, 9.17) is 23.2 Å². The van der Waals surface area contributed by atoms with Crippen molar-refractivity contribution in [2.45, 2.75) is 25.7 Å². The third-order valence-corrected chi connectivity index (χ3v) is 6.83. The van der Waals surface area contributed by atoms with Gasteiger partial charge in [0.2, 0.25) is 10.0 Å². The number of amides is 1. The highest BCUT2D eigenvalue weighted by molar-refractivity contribution is 7.89. The SMILES string of the molecule is CCN(CC)S(=O)(=O)c1ccc(Cl)c(C(=O)Nc2cccc(Cl)c2C)c1.